The molecule has 1 fully saturated rings. The molecule has 5 heteroatoms. The van der Waals surface area contributed by atoms with Crippen LogP contribution >= 0.6 is 0 Å². The van der Waals surface area contributed by atoms with E-state index in [-0.39, 0.29) is 5.46 Å². The van der Waals surface area contributed by atoms with Crippen molar-refractivity contribution in [2.24, 2.45) is 5.92 Å². The summed E-state index contributed by atoms with van der Waals surface area (Å²) in [6, 6.07) is 3.79. The largest absolute Gasteiger partial charge is 0.493 e. The summed E-state index contributed by atoms with van der Waals surface area (Å²) < 4.78 is 18.5. The van der Waals surface area contributed by atoms with Gasteiger partial charge in [-0.15, -0.1) is 0 Å². The van der Waals surface area contributed by atoms with Gasteiger partial charge in [0.15, 0.2) is 0 Å². The first-order valence-electron chi connectivity index (χ1n) is 5.44. The summed E-state index contributed by atoms with van der Waals surface area (Å²) in [6.45, 7) is 0.574. The Balaban J connectivity index is 2.01. The molecule has 2 N–H and O–H groups in total. The summed E-state index contributed by atoms with van der Waals surface area (Å²) >= 11 is 0. The van der Waals surface area contributed by atoms with Gasteiger partial charge in [0.2, 0.25) is 0 Å². The Hall–Kier alpha value is -1.07. The second kappa shape index (κ2) is 4.85. The quantitative estimate of drug-likeness (QED) is 0.739. The predicted octanol–water partition coefficient (Wildman–Crippen LogP) is 0.684. The normalized spacial score (nSPS) is 15.7. The van der Waals surface area contributed by atoms with Crippen molar-refractivity contribution in [1.82, 2.24) is 0 Å². The van der Waals surface area contributed by atoms with Crippen molar-refractivity contribution in [2.45, 2.75) is 19.3 Å². The maximum Gasteiger partial charge on any atom is 0.488 e. The van der Waals surface area contributed by atoms with E-state index in [1.54, 1.807) is 0 Å². The SMILES string of the molecule is OB(O)c1cc(F)cc(OCC2CCC2)c1. The molecule has 0 atom stereocenters. The maximum atomic E-state index is 13.1. The Bertz CT molecular complexity index is 366. The smallest absolute Gasteiger partial charge is 0.488 e. The van der Waals surface area contributed by atoms with E-state index in [2.05, 4.69) is 0 Å². The first-order valence-corrected chi connectivity index (χ1v) is 5.44. The van der Waals surface area contributed by atoms with E-state index in [4.69, 9.17) is 14.8 Å². The minimum absolute atomic E-state index is 0.114. The molecule has 0 bridgehead atoms. The number of benzene rings is 1. The molecule has 0 amide bonds. The minimum Gasteiger partial charge on any atom is -0.493 e. The highest BCUT2D eigenvalue weighted by molar-refractivity contribution is 6.58. The summed E-state index contributed by atoms with van der Waals surface area (Å²) in [7, 11) is -1.67. The molecule has 1 aromatic carbocycles. The van der Waals surface area contributed by atoms with E-state index in [9.17, 15) is 4.39 Å². The molecular formula is C11H14BFO3. The third-order valence-corrected chi connectivity index (χ3v) is 2.90. The van der Waals surface area contributed by atoms with Crippen LogP contribution in [0, 0.1) is 11.7 Å². The number of halogens is 1. The first-order chi connectivity index (χ1) is 7.65. The molecule has 0 aliphatic heterocycles. The molecule has 1 saturated carbocycles. The van der Waals surface area contributed by atoms with E-state index in [1.165, 1.54) is 18.6 Å². The van der Waals surface area contributed by atoms with Crippen LogP contribution in [0.1, 0.15) is 19.3 Å². The Morgan fingerprint density at radius 1 is 1.31 bits per heavy atom. The van der Waals surface area contributed by atoms with Crippen molar-refractivity contribution in [1.29, 1.82) is 0 Å². The Kier molecular flexibility index (Phi) is 3.46. The van der Waals surface area contributed by atoms with Gasteiger partial charge in [-0.1, -0.05) is 6.42 Å². The fourth-order valence-electron chi connectivity index (χ4n) is 1.69. The second-order valence-electron chi connectivity index (χ2n) is 4.20. The van der Waals surface area contributed by atoms with Gasteiger partial charge in [-0.25, -0.2) is 4.39 Å². The van der Waals surface area contributed by atoms with Crippen LogP contribution in [0.2, 0.25) is 0 Å². The van der Waals surface area contributed by atoms with Crippen LogP contribution in [0.4, 0.5) is 4.39 Å². The molecule has 3 nitrogen and oxygen atoms in total. The summed E-state index contributed by atoms with van der Waals surface area (Å²) in [5, 5.41) is 17.9. The topological polar surface area (TPSA) is 49.7 Å². The molecule has 0 heterocycles. The highest BCUT2D eigenvalue weighted by Gasteiger charge is 2.19. The van der Waals surface area contributed by atoms with Crippen LogP contribution in [-0.2, 0) is 0 Å². The molecule has 2 rings (SSSR count). The monoisotopic (exact) mass is 224 g/mol. The van der Waals surface area contributed by atoms with Crippen molar-refractivity contribution in [3.63, 3.8) is 0 Å². The average molecular weight is 224 g/mol. The third kappa shape index (κ3) is 2.74. The van der Waals surface area contributed by atoms with Crippen LogP contribution in [-0.4, -0.2) is 23.8 Å². The van der Waals surface area contributed by atoms with Crippen molar-refractivity contribution < 1.29 is 19.2 Å². The standard InChI is InChI=1S/C11H14BFO3/c13-10-4-9(12(14)15)5-11(6-10)16-7-8-2-1-3-8/h4-6,8,14-15H,1-3,7H2. The minimum atomic E-state index is -1.67. The fraction of sp³-hybridized carbons (Fsp3) is 0.455. The van der Waals surface area contributed by atoms with Gasteiger partial charge >= 0.3 is 7.12 Å². The van der Waals surface area contributed by atoms with Crippen molar-refractivity contribution in [3.8, 4) is 5.75 Å². The lowest BCUT2D eigenvalue weighted by Gasteiger charge is -2.25. The predicted molar refractivity (Wildman–Crippen MR) is 59.1 cm³/mol. The van der Waals surface area contributed by atoms with Gasteiger partial charge in [0.25, 0.3) is 0 Å². The van der Waals surface area contributed by atoms with Crippen molar-refractivity contribution >= 4 is 12.6 Å². The fourth-order valence-corrected chi connectivity index (χ4v) is 1.69. The number of hydrogen-bond donors (Lipinski definition) is 2. The molecule has 1 aliphatic rings. The van der Waals surface area contributed by atoms with E-state index < -0.39 is 12.9 Å². The van der Waals surface area contributed by atoms with Crippen LogP contribution in [0.3, 0.4) is 0 Å². The number of rotatable bonds is 4. The Morgan fingerprint density at radius 2 is 2.06 bits per heavy atom. The maximum absolute atomic E-state index is 13.1. The summed E-state index contributed by atoms with van der Waals surface area (Å²) in [5.74, 6) is 0.398. The van der Waals surface area contributed by atoms with E-state index in [1.807, 2.05) is 0 Å². The molecule has 86 valence electrons. The van der Waals surface area contributed by atoms with Crippen LogP contribution < -0.4 is 10.2 Å². The molecule has 16 heavy (non-hydrogen) atoms. The second-order valence-corrected chi connectivity index (χ2v) is 4.20. The van der Waals surface area contributed by atoms with Gasteiger partial charge in [0.05, 0.1) is 6.61 Å². The van der Waals surface area contributed by atoms with Gasteiger partial charge in [-0.05, 0) is 36.4 Å². The summed E-state index contributed by atoms with van der Waals surface area (Å²) in [5.41, 5.74) is 0.114. The Morgan fingerprint density at radius 3 is 2.62 bits per heavy atom. The highest BCUT2D eigenvalue weighted by atomic mass is 19.1. The molecule has 0 saturated heterocycles. The van der Waals surface area contributed by atoms with E-state index in [0.29, 0.717) is 18.3 Å². The zero-order chi connectivity index (χ0) is 11.5. The number of ether oxygens (including phenoxy) is 1. The molecule has 0 spiro atoms. The molecular weight excluding hydrogens is 210 g/mol. The van der Waals surface area contributed by atoms with Crippen LogP contribution in [0.15, 0.2) is 18.2 Å². The van der Waals surface area contributed by atoms with Crippen LogP contribution in [0.25, 0.3) is 0 Å². The first kappa shape index (κ1) is 11.4. The molecule has 1 aromatic rings. The van der Waals surface area contributed by atoms with Gasteiger partial charge in [-0.3, -0.25) is 0 Å². The third-order valence-electron chi connectivity index (χ3n) is 2.90. The van der Waals surface area contributed by atoms with Gasteiger partial charge in [0.1, 0.15) is 11.6 Å². The van der Waals surface area contributed by atoms with Gasteiger partial charge < -0.3 is 14.8 Å². The summed E-state index contributed by atoms with van der Waals surface area (Å²) in [4.78, 5) is 0. The van der Waals surface area contributed by atoms with Crippen molar-refractivity contribution in [2.75, 3.05) is 6.61 Å². The highest BCUT2D eigenvalue weighted by Crippen LogP contribution is 2.27. The summed E-state index contributed by atoms with van der Waals surface area (Å²) in [6.07, 6.45) is 3.55. The molecule has 1 aliphatic carbocycles. The lowest BCUT2D eigenvalue weighted by Crippen LogP contribution is -2.30. The van der Waals surface area contributed by atoms with Crippen molar-refractivity contribution in [3.05, 3.63) is 24.0 Å². The zero-order valence-corrected chi connectivity index (χ0v) is 8.90. The molecule has 0 aromatic heterocycles. The molecule has 0 unspecified atom stereocenters. The lowest BCUT2D eigenvalue weighted by atomic mass is 9.80. The number of hydrogen-bond acceptors (Lipinski definition) is 3. The lowest BCUT2D eigenvalue weighted by molar-refractivity contribution is 0.180. The van der Waals surface area contributed by atoms with E-state index >= 15 is 0 Å². The van der Waals surface area contributed by atoms with Gasteiger partial charge in [-0.2, -0.15) is 0 Å². The average Bonchev–Trinajstić information content (AvgIpc) is 2.14. The zero-order valence-electron chi connectivity index (χ0n) is 8.90. The van der Waals surface area contributed by atoms with Gasteiger partial charge in [0, 0.05) is 6.07 Å². The van der Waals surface area contributed by atoms with E-state index in [0.717, 1.165) is 18.9 Å². The Labute approximate surface area is 94.0 Å². The van der Waals surface area contributed by atoms with Crippen LogP contribution in [0.5, 0.6) is 5.75 Å². The molecule has 0 radical (unpaired) electrons.